The van der Waals surface area contributed by atoms with Gasteiger partial charge in [0.2, 0.25) is 5.91 Å². The number of hydrogen-bond donors (Lipinski definition) is 2. The molecule has 0 unspecified atom stereocenters. The molecule has 2 rings (SSSR count). The molecule has 0 spiro atoms. The molecule has 0 bridgehead atoms. The highest BCUT2D eigenvalue weighted by molar-refractivity contribution is 5.82. The second-order valence-electron chi connectivity index (χ2n) is 5.24. The normalized spacial score (nSPS) is 30.4. The Morgan fingerprint density at radius 3 is 2.88 bits per heavy atom. The fourth-order valence-electron chi connectivity index (χ4n) is 2.84. The van der Waals surface area contributed by atoms with E-state index in [0.717, 1.165) is 25.4 Å². The minimum atomic E-state index is -0.174. The van der Waals surface area contributed by atoms with E-state index in [0.29, 0.717) is 6.61 Å². The SMILES string of the molecule is C[C@H]1OCCN[C@@H]1C(=O)NCCC1CCCC1. The quantitative estimate of drug-likeness (QED) is 0.772. The first-order chi connectivity index (χ1) is 8.27. The van der Waals surface area contributed by atoms with Crippen LogP contribution in [-0.4, -0.2) is 37.7 Å². The third kappa shape index (κ3) is 3.68. The van der Waals surface area contributed by atoms with Crippen LogP contribution in [0.25, 0.3) is 0 Å². The summed E-state index contributed by atoms with van der Waals surface area (Å²) in [5.74, 6) is 0.929. The minimum Gasteiger partial charge on any atom is -0.375 e. The Labute approximate surface area is 103 Å². The van der Waals surface area contributed by atoms with Crippen LogP contribution >= 0.6 is 0 Å². The average molecular weight is 240 g/mol. The largest absolute Gasteiger partial charge is 0.375 e. The highest BCUT2D eigenvalue weighted by Crippen LogP contribution is 2.26. The maximum absolute atomic E-state index is 11.9. The molecule has 1 aliphatic heterocycles. The second kappa shape index (κ2) is 6.36. The van der Waals surface area contributed by atoms with Crippen LogP contribution < -0.4 is 10.6 Å². The van der Waals surface area contributed by atoms with Gasteiger partial charge in [0.05, 0.1) is 12.7 Å². The van der Waals surface area contributed by atoms with Gasteiger partial charge < -0.3 is 15.4 Å². The molecule has 2 atom stereocenters. The maximum atomic E-state index is 11.9. The Hall–Kier alpha value is -0.610. The van der Waals surface area contributed by atoms with Gasteiger partial charge in [-0.1, -0.05) is 25.7 Å². The predicted molar refractivity (Wildman–Crippen MR) is 66.8 cm³/mol. The summed E-state index contributed by atoms with van der Waals surface area (Å²) in [5.41, 5.74) is 0. The van der Waals surface area contributed by atoms with Crippen LogP contribution in [0.3, 0.4) is 0 Å². The van der Waals surface area contributed by atoms with E-state index >= 15 is 0 Å². The molecule has 2 fully saturated rings. The molecular formula is C13H24N2O2. The molecule has 2 aliphatic rings. The van der Waals surface area contributed by atoms with Crippen molar-refractivity contribution in [2.24, 2.45) is 5.92 Å². The van der Waals surface area contributed by atoms with Crippen LogP contribution in [0.5, 0.6) is 0 Å². The predicted octanol–water partition coefficient (Wildman–Crippen LogP) is 1.06. The van der Waals surface area contributed by atoms with E-state index in [9.17, 15) is 4.79 Å². The molecule has 4 heteroatoms. The molecule has 17 heavy (non-hydrogen) atoms. The van der Waals surface area contributed by atoms with Gasteiger partial charge in [-0.25, -0.2) is 0 Å². The van der Waals surface area contributed by atoms with Crippen molar-refractivity contribution in [2.45, 2.75) is 51.2 Å². The lowest BCUT2D eigenvalue weighted by atomic mass is 10.0. The molecular weight excluding hydrogens is 216 g/mol. The van der Waals surface area contributed by atoms with Gasteiger partial charge in [-0.05, 0) is 19.3 Å². The number of ether oxygens (including phenoxy) is 1. The van der Waals surface area contributed by atoms with Gasteiger partial charge in [-0.3, -0.25) is 4.79 Å². The van der Waals surface area contributed by atoms with Gasteiger partial charge in [0.15, 0.2) is 0 Å². The lowest BCUT2D eigenvalue weighted by molar-refractivity contribution is -0.128. The maximum Gasteiger partial charge on any atom is 0.239 e. The van der Waals surface area contributed by atoms with Gasteiger partial charge in [0, 0.05) is 13.1 Å². The van der Waals surface area contributed by atoms with E-state index < -0.39 is 0 Å². The van der Waals surface area contributed by atoms with Crippen LogP contribution in [0.2, 0.25) is 0 Å². The topological polar surface area (TPSA) is 50.4 Å². The summed E-state index contributed by atoms with van der Waals surface area (Å²) in [6.07, 6.45) is 6.54. The number of nitrogens with one attached hydrogen (secondary N) is 2. The Bertz CT molecular complexity index is 252. The van der Waals surface area contributed by atoms with Crippen LogP contribution in [0.15, 0.2) is 0 Å². The zero-order valence-electron chi connectivity index (χ0n) is 10.7. The number of rotatable bonds is 4. The molecule has 98 valence electrons. The Morgan fingerprint density at radius 2 is 2.18 bits per heavy atom. The number of carbonyl (C=O) groups is 1. The van der Waals surface area contributed by atoms with Crippen LogP contribution in [0.1, 0.15) is 39.0 Å². The monoisotopic (exact) mass is 240 g/mol. The van der Waals surface area contributed by atoms with Gasteiger partial charge in [-0.2, -0.15) is 0 Å². The van der Waals surface area contributed by atoms with Crippen molar-refractivity contribution in [3.63, 3.8) is 0 Å². The summed E-state index contributed by atoms with van der Waals surface area (Å²) in [7, 11) is 0. The summed E-state index contributed by atoms with van der Waals surface area (Å²) in [6, 6.07) is -0.174. The van der Waals surface area contributed by atoms with Crippen LogP contribution in [0.4, 0.5) is 0 Å². The molecule has 1 saturated carbocycles. The summed E-state index contributed by atoms with van der Waals surface area (Å²) in [6.45, 7) is 4.24. The van der Waals surface area contributed by atoms with E-state index in [4.69, 9.17) is 4.74 Å². The molecule has 0 radical (unpaired) electrons. The molecule has 1 amide bonds. The molecule has 1 heterocycles. The van der Waals surface area contributed by atoms with Crippen molar-refractivity contribution in [1.82, 2.24) is 10.6 Å². The molecule has 0 aromatic carbocycles. The molecule has 0 aromatic heterocycles. The van der Waals surface area contributed by atoms with Gasteiger partial charge in [0.25, 0.3) is 0 Å². The fourth-order valence-corrected chi connectivity index (χ4v) is 2.84. The summed E-state index contributed by atoms with van der Waals surface area (Å²) < 4.78 is 5.47. The van der Waals surface area contributed by atoms with Gasteiger partial charge in [-0.15, -0.1) is 0 Å². The Morgan fingerprint density at radius 1 is 1.41 bits per heavy atom. The highest BCUT2D eigenvalue weighted by Gasteiger charge is 2.28. The third-order valence-electron chi connectivity index (χ3n) is 3.93. The van der Waals surface area contributed by atoms with Crippen molar-refractivity contribution in [3.05, 3.63) is 0 Å². The first-order valence-corrected chi connectivity index (χ1v) is 6.90. The summed E-state index contributed by atoms with van der Waals surface area (Å²) in [4.78, 5) is 11.9. The summed E-state index contributed by atoms with van der Waals surface area (Å²) >= 11 is 0. The van der Waals surface area contributed by atoms with E-state index in [1.165, 1.54) is 25.7 Å². The Kier molecular flexibility index (Phi) is 4.80. The van der Waals surface area contributed by atoms with Gasteiger partial charge in [0.1, 0.15) is 6.04 Å². The van der Waals surface area contributed by atoms with Crippen molar-refractivity contribution in [2.75, 3.05) is 19.7 Å². The van der Waals surface area contributed by atoms with E-state index in [2.05, 4.69) is 10.6 Å². The lowest BCUT2D eigenvalue weighted by Crippen LogP contribution is -2.55. The van der Waals surface area contributed by atoms with E-state index in [-0.39, 0.29) is 18.1 Å². The Balaban J connectivity index is 1.65. The second-order valence-corrected chi connectivity index (χ2v) is 5.24. The molecule has 2 N–H and O–H groups in total. The smallest absolute Gasteiger partial charge is 0.239 e. The fraction of sp³-hybridized carbons (Fsp3) is 0.923. The lowest BCUT2D eigenvalue weighted by Gasteiger charge is -2.29. The highest BCUT2D eigenvalue weighted by atomic mass is 16.5. The number of amides is 1. The molecule has 1 aliphatic carbocycles. The molecule has 0 aromatic rings. The van der Waals surface area contributed by atoms with Gasteiger partial charge >= 0.3 is 0 Å². The number of hydrogen-bond acceptors (Lipinski definition) is 3. The zero-order chi connectivity index (χ0) is 12.1. The average Bonchev–Trinajstić information content (AvgIpc) is 2.82. The van der Waals surface area contributed by atoms with Crippen molar-refractivity contribution in [1.29, 1.82) is 0 Å². The zero-order valence-corrected chi connectivity index (χ0v) is 10.7. The first-order valence-electron chi connectivity index (χ1n) is 6.90. The van der Waals surface area contributed by atoms with Crippen LogP contribution in [-0.2, 0) is 9.53 Å². The molecule has 1 saturated heterocycles. The standard InChI is InChI=1S/C13H24N2O2/c1-10-12(14-8-9-17-10)13(16)15-7-6-11-4-2-3-5-11/h10-12,14H,2-9H2,1H3,(H,15,16)/t10-,12+/m1/s1. The van der Waals surface area contributed by atoms with E-state index in [1.54, 1.807) is 0 Å². The first kappa shape index (κ1) is 12.8. The van der Waals surface area contributed by atoms with Crippen molar-refractivity contribution < 1.29 is 9.53 Å². The minimum absolute atomic E-state index is 0.0183. The summed E-state index contributed by atoms with van der Waals surface area (Å²) in [5, 5.41) is 6.24. The molecule has 4 nitrogen and oxygen atoms in total. The third-order valence-corrected chi connectivity index (χ3v) is 3.93. The van der Waals surface area contributed by atoms with Crippen molar-refractivity contribution in [3.8, 4) is 0 Å². The van der Waals surface area contributed by atoms with Crippen molar-refractivity contribution >= 4 is 5.91 Å². The number of morpholine rings is 1. The number of carbonyl (C=O) groups excluding carboxylic acids is 1. The van der Waals surface area contributed by atoms with Crippen LogP contribution in [0, 0.1) is 5.92 Å². The van der Waals surface area contributed by atoms with E-state index in [1.807, 2.05) is 6.92 Å².